The molecule has 1 heterocycles. The van der Waals surface area contributed by atoms with Crippen molar-refractivity contribution in [3.63, 3.8) is 0 Å². The summed E-state index contributed by atoms with van der Waals surface area (Å²) in [5, 5.41) is 4.14. The zero-order valence-corrected chi connectivity index (χ0v) is 17.9. The van der Waals surface area contributed by atoms with Crippen LogP contribution in [0, 0.1) is 0 Å². The van der Waals surface area contributed by atoms with Crippen molar-refractivity contribution in [3.8, 4) is 0 Å². The third kappa shape index (κ3) is 5.64. The lowest BCUT2D eigenvalue weighted by atomic mass is 10.1. The van der Waals surface area contributed by atoms with Crippen LogP contribution in [-0.4, -0.2) is 40.9 Å². The van der Waals surface area contributed by atoms with Crippen molar-refractivity contribution >= 4 is 40.8 Å². The number of hydrogen-bond acceptors (Lipinski definition) is 2. The second kappa shape index (κ2) is 9.99. The number of nitrogens with one attached hydrogen (secondary N) is 1. The van der Waals surface area contributed by atoms with E-state index in [1.54, 1.807) is 29.2 Å². The van der Waals surface area contributed by atoms with Crippen molar-refractivity contribution in [3.05, 3.63) is 64.1 Å². The predicted octanol–water partition coefficient (Wildman–Crippen LogP) is 5.43. The molecule has 154 valence electrons. The molecule has 0 saturated carbocycles. The number of likely N-dealkylation sites (tertiary alicyclic amines) is 1. The van der Waals surface area contributed by atoms with Crippen molar-refractivity contribution in [2.45, 2.75) is 38.8 Å². The Hall–Kier alpha value is -2.24. The first-order valence-electron chi connectivity index (χ1n) is 9.84. The number of halogens is 2. The summed E-state index contributed by atoms with van der Waals surface area (Å²) in [7, 11) is 0. The van der Waals surface area contributed by atoms with Crippen molar-refractivity contribution in [1.82, 2.24) is 9.80 Å². The van der Waals surface area contributed by atoms with E-state index in [1.165, 1.54) is 0 Å². The number of hydrogen-bond donors (Lipinski definition) is 1. The molecule has 2 aromatic rings. The van der Waals surface area contributed by atoms with Gasteiger partial charge in [0.1, 0.15) is 6.04 Å². The molecule has 1 N–H and O–H groups in total. The van der Waals surface area contributed by atoms with Gasteiger partial charge in [-0.1, -0.05) is 42.3 Å². The lowest BCUT2D eigenvalue weighted by Crippen LogP contribution is -2.49. The zero-order valence-electron chi connectivity index (χ0n) is 16.4. The Bertz CT molecular complexity index is 840. The summed E-state index contributed by atoms with van der Waals surface area (Å²) in [5.41, 5.74) is 1.68. The largest absolute Gasteiger partial charge is 0.337 e. The monoisotopic (exact) mass is 433 g/mol. The highest BCUT2D eigenvalue weighted by Gasteiger charge is 2.36. The Balaban J connectivity index is 1.69. The third-order valence-corrected chi connectivity index (χ3v) is 5.49. The topological polar surface area (TPSA) is 52.7 Å². The maximum Gasteiger partial charge on any atom is 0.322 e. The Morgan fingerprint density at radius 3 is 2.31 bits per heavy atom. The number of urea groups is 1. The third-order valence-electron chi connectivity index (χ3n) is 4.99. The van der Waals surface area contributed by atoms with Gasteiger partial charge in [0.25, 0.3) is 0 Å². The van der Waals surface area contributed by atoms with Crippen LogP contribution in [0.1, 0.15) is 31.7 Å². The molecule has 0 spiro atoms. The molecule has 29 heavy (non-hydrogen) atoms. The number of rotatable bonds is 6. The maximum atomic E-state index is 13.3. The smallest absolute Gasteiger partial charge is 0.322 e. The van der Waals surface area contributed by atoms with Gasteiger partial charge in [0.05, 0.1) is 0 Å². The van der Waals surface area contributed by atoms with Gasteiger partial charge in [-0.15, -0.1) is 0 Å². The van der Waals surface area contributed by atoms with Crippen molar-refractivity contribution in [2.75, 3.05) is 18.4 Å². The van der Waals surface area contributed by atoms with Crippen LogP contribution in [0.15, 0.2) is 48.5 Å². The Labute approximate surface area is 181 Å². The minimum absolute atomic E-state index is 0.00874. The fourth-order valence-corrected chi connectivity index (χ4v) is 3.81. The van der Waals surface area contributed by atoms with Crippen LogP contribution in [0.2, 0.25) is 10.0 Å². The number of benzene rings is 2. The van der Waals surface area contributed by atoms with E-state index in [1.807, 2.05) is 36.1 Å². The van der Waals surface area contributed by atoms with E-state index in [4.69, 9.17) is 23.2 Å². The minimum atomic E-state index is -0.443. The first-order valence-corrected chi connectivity index (χ1v) is 10.6. The SMILES string of the molecule is CCCN(Cc1ccc(Cl)cc1)C(=O)[C@H]1CCCN1C(=O)Nc1ccc(Cl)cc1. The zero-order chi connectivity index (χ0) is 20.8. The van der Waals surface area contributed by atoms with Gasteiger partial charge in [0.15, 0.2) is 0 Å². The summed E-state index contributed by atoms with van der Waals surface area (Å²) in [6.45, 7) is 3.76. The molecule has 5 nitrogen and oxygen atoms in total. The lowest BCUT2D eigenvalue weighted by molar-refractivity contribution is -0.135. The molecule has 3 rings (SSSR count). The van der Waals surface area contributed by atoms with Crippen LogP contribution in [-0.2, 0) is 11.3 Å². The average molecular weight is 434 g/mol. The minimum Gasteiger partial charge on any atom is -0.337 e. The van der Waals surface area contributed by atoms with Gasteiger partial charge < -0.3 is 15.1 Å². The number of nitrogens with zero attached hydrogens (tertiary/aromatic N) is 2. The van der Waals surface area contributed by atoms with Crippen LogP contribution in [0.5, 0.6) is 0 Å². The van der Waals surface area contributed by atoms with Gasteiger partial charge in [-0.05, 0) is 61.2 Å². The molecule has 2 aromatic carbocycles. The molecular formula is C22H25Cl2N3O2. The molecule has 1 fully saturated rings. The summed E-state index contributed by atoms with van der Waals surface area (Å²) in [4.78, 5) is 29.5. The summed E-state index contributed by atoms with van der Waals surface area (Å²) in [6.07, 6.45) is 2.34. The molecule has 1 atom stereocenters. The average Bonchev–Trinajstić information content (AvgIpc) is 3.20. The second-order valence-electron chi connectivity index (χ2n) is 7.17. The fourth-order valence-electron chi connectivity index (χ4n) is 3.55. The Morgan fingerprint density at radius 2 is 1.69 bits per heavy atom. The lowest BCUT2D eigenvalue weighted by Gasteiger charge is -2.30. The second-order valence-corrected chi connectivity index (χ2v) is 8.05. The standard InChI is InChI=1S/C22H25Cl2N3O2/c1-2-13-26(15-16-5-7-17(23)8-6-16)21(28)20-4-3-14-27(20)22(29)25-19-11-9-18(24)10-12-19/h5-12,20H,2-4,13-15H2,1H3,(H,25,29)/t20-/m1/s1. The quantitative estimate of drug-likeness (QED) is 0.659. The summed E-state index contributed by atoms with van der Waals surface area (Å²) in [5.74, 6) is -0.00874. The summed E-state index contributed by atoms with van der Waals surface area (Å²) >= 11 is 11.9. The van der Waals surface area contributed by atoms with Gasteiger partial charge in [-0.25, -0.2) is 4.79 Å². The highest BCUT2D eigenvalue weighted by molar-refractivity contribution is 6.30. The molecule has 0 bridgehead atoms. The summed E-state index contributed by atoms with van der Waals surface area (Å²) < 4.78 is 0. The number of carbonyl (C=O) groups excluding carboxylic acids is 2. The molecule has 1 aliphatic heterocycles. The van der Waals surface area contributed by atoms with Gasteiger partial charge in [0.2, 0.25) is 5.91 Å². The first-order chi connectivity index (χ1) is 14.0. The van der Waals surface area contributed by atoms with Crippen LogP contribution >= 0.6 is 23.2 Å². The van der Waals surface area contributed by atoms with E-state index in [2.05, 4.69) is 5.32 Å². The highest BCUT2D eigenvalue weighted by atomic mass is 35.5. The van der Waals surface area contributed by atoms with E-state index in [9.17, 15) is 9.59 Å². The van der Waals surface area contributed by atoms with Crippen molar-refractivity contribution in [1.29, 1.82) is 0 Å². The molecule has 0 unspecified atom stereocenters. The molecule has 0 aromatic heterocycles. The molecule has 7 heteroatoms. The fraction of sp³-hybridized carbons (Fsp3) is 0.364. The normalized spacial score (nSPS) is 16.0. The van der Waals surface area contributed by atoms with Crippen LogP contribution < -0.4 is 5.32 Å². The summed E-state index contributed by atoms with van der Waals surface area (Å²) in [6, 6.07) is 13.7. The van der Waals surface area contributed by atoms with Crippen LogP contribution in [0.4, 0.5) is 10.5 Å². The predicted molar refractivity (Wildman–Crippen MR) is 117 cm³/mol. The van der Waals surface area contributed by atoms with E-state index in [0.29, 0.717) is 41.8 Å². The van der Waals surface area contributed by atoms with Gasteiger partial charge in [0, 0.05) is 35.4 Å². The van der Waals surface area contributed by atoms with E-state index in [0.717, 1.165) is 18.4 Å². The number of anilines is 1. The van der Waals surface area contributed by atoms with Gasteiger partial charge in [-0.3, -0.25) is 4.79 Å². The highest BCUT2D eigenvalue weighted by Crippen LogP contribution is 2.23. The molecular weight excluding hydrogens is 409 g/mol. The maximum absolute atomic E-state index is 13.3. The molecule has 0 radical (unpaired) electrons. The van der Waals surface area contributed by atoms with Crippen molar-refractivity contribution in [2.24, 2.45) is 0 Å². The Kier molecular flexibility index (Phi) is 7.40. The first kappa shape index (κ1) is 21.5. The van der Waals surface area contributed by atoms with E-state index < -0.39 is 6.04 Å². The number of carbonyl (C=O) groups is 2. The van der Waals surface area contributed by atoms with Crippen LogP contribution in [0.3, 0.4) is 0 Å². The van der Waals surface area contributed by atoms with Gasteiger partial charge >= 0.3 is 6.03 Å². The molecule has 1 aliphatic rings. The van der Waals surface area contributed by atoms with E-state index >= 15 is 0 Å². The Morgan fingerprint density at radius 1 is 1.07 bits per heavy atom. The van der Waals surface area contributed by atoms with Crippen LogP contribution in [0.25, 0.3) is 0 Å². The number of amides is 3. The molecule has 0 aliphatic carbocycles. The van der Waals surface area contributed by atoms with E-state index in [-0.39, 0.29) is 11.9 Å². The van der Waals surface area contributed by atoms with Gasteiger partial charge in [-0.2, -0.15) is 0 Å². The van der Waals surface area contributed by atoms with Crippen molar-refractivity contribution < 1.29 is 9.59 Å². The molecule has 1 saturated heterocycles. The molecule has 3 amide bonds.